The number of pyridine rings is 1. The highest BCUT2D eigenvalue weighted by Gasteiger charge is 1.81. The minimum atomic E-state index is 0.945. The molecule has 0 saturated heterocycles. The van der Waals surface area contributed by atoms with Crippen molar-refractivity contribution in [2.45, 2.75) is 20.0 Å². The Labute approximate surface area is 65.1 Å². The summed E-state index contributed by atoms with van der Waals surface area (Å²) in [5.41, 5.74) is 1.12. The number of rotatable bonds is 1. The Bertz CT molecular complexity index is 151. The fourth-order valence-electron chi connectivity index (χ4n) is 0.519. The van der Waals surface area contributed by atoms with Crippen LogP contribution in [-0.4, -0.2) is 4.98 Å². The minimum absolute atomic E-state index is 0.945. The van der Waals surface area contributed by atoms with Gasteiger partial charge < -0.3 is 0 Å². The molecule has 0 bridgehead atoms. The van der Waals surface area contributed by atoms with Crippen molar-refractivity contribution in [2.75, 3.05) is 0 Å². The number of nitrogens with zero attached hydrogens (tertiary/aromatic N) is 1. The van der Waals surface area contributed by atoms with Crippen molar-refractivity contribution in [1.82, 2.24) is 4.98 Å². The number of aromatic nitrogens is 1. The molecule has 0 amide bonds. The Balaban J connectivity index is 0.000000371. The molecule has 0 spiro atoms. The molecule has 2 heteroatoms. The molecule has 0 aliphatic carbocycles. The van der Waals surface area contributed by atoms with Gasteiger partial charge in [0.1, 0.15) is 0 Å². The van der Waals surface area contributed by atoms with Crippen LogP contribution in [0.15, 0.2) is 24.4 Å². The highest BCUT2D eigenvalue weighted by Crippen LogP contribution is 1.98. The maximum atomic E-state index is 4.08. The van der Waals surface area contributed by atoms with E-state index in [0.717, 1.165) is 11.9 Å². The summed E-state index contributed by atoms with van der Waals surface area (Å²) in [7, 11) is 2.63. The Hall–Kier alpha value is -0.420. The second-order valence-electron chi connectivity index (χ2n) is 1.53. The van der Waals surface area contributed by atoms with Gasteiger partial charge in [-0.25, -0.2) is 0 Å². The lowest BCUT2D eigenvalue weighted by Crippen LogP contribution is -1.78. The molecule has 1 atom stereocenters. The van der Waals surface area contributed by atoms with Crippen LogP contribution >= 0.6 is 9.24 Å². The lowest BCUT2D eigenvalue weighted by molar-refractivity contribution is 1.18. The van der Waals surface area contributed by atoms with Crippen molar-refractivity contribution in [3.05, 3.63) is 30.1 Å². The van der Waals surface area contributed by atoms with Crippen LogP contribution < -0.4 is 0 Å². The van der Waals surface area contributed by atoms with Crippen LogP contribution in [0.4, 0.5) is 0 Å². The third-order valence-corrected chi connectivity index (χ3v) is 1.35. The molecule has 1 aromatic heterocycles. The van der Waals surface area contributed by atoms with Crippen LogP contribution in [-0.2, 0) is 6.16 Å². The van der Waals surface area contributed by atoms with Gasteiger partial charge in [-0.05, 0) is 12.1 Å². The monoisotopic (exact) mass is 155 g/mol. The molecular formula is C8H14NP. The van der Waals surface area contributed by atoms with Crippen LogP contribution in [0.2, 0.25) is 0 Å². The fourth-order valence-corrected chi connectivity index (χ4v) is 0.760. The van der Waals surface area contributed by atoms with Crippen molar-refractivity contribution in [3.8, 4) is 0 Å². The SMILES string of the molecule is CC.PCc1ccccn1. The molecule has 0 saturated carbocycles. The number of hydrogen-bond acceptors (Lipinski definition) is 1. The zero-order chi connectivity index (χ0) is 7.82. The van der Waals surface area contributed by atoms with E-state index in [0.29, 0.717) is 0 Å². The molecule has 1 unspecified atom stereocenters. The molecule has 1 rings (SSSR count). The Morgan fingerprint density at radius 2 is 2.10 bits per heavy atom. The topological polar surface area (TPSA) is 12.9 Å². The molecule has 0 fully saturated rings. The van der Waals surface area contributed by atoms with E-state index in [1.165, 1.54) is 0 Å². The third-order valence-electron chi connectivity index (χ3n) is 0.935. The summed E-state index contributed by atoms with van der Waals surface area (Å²) in [6, 6.07) is 5.92. The summed E-state index contributed by atoms with van der Waals surface area (Å²) in [6.45, 7) is 4.00. The van der Waals surface area contributed by atoms with Gasteiger partial charge in [0.2, 0.25) is 0 Å². The fraction of sp³-hybridized carbons (Fsp3) is 0.375. The van der Waals surface area contributed by atoms with Gasteiger partial charge in [-0.1, -0.05) is 19.9 Å². The van der Waals surface area contributed by atoms with Crippen LogP contribution in [0.5, 0.6) is 0 Å². The van der Waals surface area contributed by atoms with Crippen molar-refractivity contribution in [3.63, 3.8) is 0 Å². The van der Waals surface area contributed by atoms with Crippen LogP contribution in [0.3, 0.4) is 0 Å². The molecule has 0 aliphatic heterocycles. The maximum absolute atomic E-state index is 4.08. The van der Waals surface area contributed by atoms with Gasteiger partial charge in [0.05, 0.1) is 0 Å². The smallest absolute Gasteiger partial charge is 0.0441 e. The Morgan fingerprint density at radius 3 is 2.40 bits per heavy atom. The second kappa shape index (κ2) is 6.70. The third kappa shape index (κ3) is 3.58. The van der Waals surface area contributed by atoms with Gasteiger partial charge in [0.25, 0.3) is 0 Å². The lowest BCUT2D eigenvalue weighted by Gasteiger charge is -1.88. The molecule has 1 heterocycles. The molecule has 10 heavy (non-hydrogen) atoms. The van der Waals surface area contributed by atoms with Gasteiger partial charge in [-0.15, -0.1) is 9.24 Å². The molecule has 1 aromatic rings. The molecule has 0 aliphatic rings. The normalized spacial score (nSPS) is 7.90. The first-order valence-corrected chi connectivity index (χ1v) is 4.35. The van der Waals surface area contributed by atoms with Gasteiger partial charge >= 0.3 is 0 Å². The van der Waals surface area contributed by atoms with Gasteiger partial charge in [-0.2, -0.15) is 0 Å². The quantitative estimate of drug-likeness (QED) is 0.568. The van der Waals surface area contributed by atoms with Crippen LogP contribution in [0.1, 0.15) is 19.5 Å². The van der Waals surface area contributed by atoms with Crippen LogP contribution in [0.25, 0.3) is 0 Å². The first kappa shape index (κ1) is 9.58. The highest BCUT2D eigenvalue weighted by molar-refractivity contribution is 7.15. The molecule has 0 aromatic carbocycles. The van der Waals surface area contributed by atoms with E-state index >= 15 is 0 Å². The molecule has 56 valence electrons. The summed E-state index contributed by atoms with van der Waals surface area (Å²) >= 11 is 0. The minimum Gasteiger partial charge on any atom is -0.261 e. The molecule has 1 nitrogen and oxygen atoms in total. The highest BCUT2D eigenvalue weighted by atomic mass is 31.0. The van der Waals surface area contributed by atoms with E-state index in [-0.39, 0.29) is 0 Å². The predicted octanol–water partition coefficient (Wildman–Crippen LogP) is 2.48. The Morgan fingerprint density at radius 1 is 1.40 bits per heavy atom. The van der Waals surface area contributed by atoms with Gasteiger partial charge in [-0.3, -0.25) is 4.98 Å². The Kier molecular flexibility index (Phi) is 6.42. The zero-order valence-electron chi connectivity index (χ0n) is 6.54. The summed E-state index contributed by atoms with van der Waals surface area (Å²) in [6.07, 6.45) is 2.75. The summed E-state index contributed by atoms with van der Waals surface area (Å²) in [4.78, 5) is 4.08. The summed E-state index contributed by atoms with van der Waals surface area (Å²) in [5, 5.41) is 0. The van der Waals surface area contributed by atoms with Crippen molar-refractivity contribution in [2.24, 2.45) is 0 Å². The molecular weight excluding hydrogens is 141 g/mol. The standard InChI is InChI=1S/C6H8NP.C2H6/c8-5-6-3-1-2-4-7-6;1-2/h1-4H,5,8H2;1-2H3. The average molecular weight is 155 g/mol. The first-order chi connectivity index (χ1) is 4.93. The van der Waals surface area contributed by atoms with E-state index in [1.807, 2.05) is 32.0 Å². The van der Waals surface area contributed by atoms with E-state index < -0.39 is 0 Å². The molecule has 0 radical (unpaired) electrons. The van der Waals surface area contributed by atoms with Crippen molar-refractivity contribution >= 4 is 9.24 Å². The summed E-state index contributed by atoms with van der Waals surface area (Å²) in [5.74, 6) is 0. The zero-order valence-corrected chi connectivity index (χ0v) is 7.70. The lowest BCUT2D eigenvalue weighted by atomic mass is 10.4. The van der Waals surface area contributed by atoms with Gasteiger partial charge in [0.15, 0.2) is 0 Å². The van der Waals surface area contributed by atoms with E-state index in [4.69, 9.17) is 0 Å². The van der Waals surface area contributed by atoms with E-state index in [1.54, 1.807) is 6.20 Å². The van der Waals surface area contributed by atoms with Crippen molar-refractivity contribution in [1.29, 1.82) is 0 Å². The largest absolute Gasteiger partial charge is 0.261 e. The predicted molar refractivity (Wildman–Crippen MR) is 49.0 cm³/mol. The molecule has 0 N–H and O–H groups in total. The van der Waals surface area contributed by atoms with Gasteiger partial charge in [0, 0.05) is 18.1 Å². The van der Waals surface area contributed by atoms with E-state index in [9.17, 15) is 0 Å². The number of hydrogen-bond donors (Lipinski definition) is 0. The van der Waals surface area contributed by atoms with Crippen molar-refractivity contribution < 1.29 is 0 Å². The summed E-state index contributed by atoms with van der Waals surface area (Å²) < 4.78 is 0. The average Bonchev–Trinajstić information content (AvgIpc) is 2.10. The van der Waals surface area contributed by atoms with Crippen LogP contribution in [0, 0.1) is 0 Å². The second-order valence-corrected chi connectivity index (χ2v) is 1.93. The first-order valence-electron chi connectivity index (χ1n) is 3.53. The maximum Gasteiger partial charge on any atom is 0.0441 e. The van der Waals surface area contributed by atoms with E-state index in [2.05, 4.69) is 14.2 Å².